The van der Waals surface area contributed by atoms with Crippen molar-refractivity contribution >= 4 is 55.1 Å². The van der Waals surface area contributed by atoms with Gasteiger partial charge in [0.05, 0.1) is 5.02 Å². The van der Waals surface area contributed by atoms with Crippen LogP contribution in [0, 0.1) is 0 Å². The molecule has 2 nitrogen and oxygen atoms in total. The lowest BCUT2D eigenvalue weighted by Crippen LogP contribution is -2.11. The number of anilines is 1. The van der Waals surface area contributed by atoms with E-state index in [2.05, 4.69) is 37.2 Å². The zero-order chi connectivity index (χ0) is 13.1. The lowest BCUT2D eigenvalue weighted by atomic mass is 10.2. The SMILES string of the molecule is O=C(Nc1ccc(Br)c(Cl)c1)c1ccc(Br)cc1. The van der Waals surface area contributed by atoms with E-state index in [-0.39, 0.29) is 5.91 Å². The highest BCUT2D eigenvalue weighted by Crippen LogP contribution is 2.25. The summed E-state index contributed by atoms with van der Waals surface area (Å²) in [7, 11) is 0. The monoisotopic (exact) mass is 387 g/mol. The molecular weight excluding hydrogens is 381 g/mol. The van der Waals surface area contributed by atoms with Crippen molar-refractivity contribution in [1.82, 2.24) is 0 Å². The molecule has 0 aromatic heterocycles. The van der Waals surface area contributed by atoms with Crippen LogP contribution in [-0.2, 0) is 0 Å². The summed E-state index contributed by atoms with van der Waals surface area (Å²) in [5.74, 6) is -0.166. The Bertz CT molecular complexity index is 584. The third kappa shape index (κ3) is 3.34. The Morgan fingerprint density at radius 3 is 2.33 bits per heavy atom. The van der Waals surface area contributed by atoms with Crippen molar-refractivity contribution in [3.63, 3.8) is 0 Å². The molecule has 2 aromatic rings. The van der Waals surface area contributed by atoms with E-state index in [1.165, 1.54) is 0 Å². The summed E-state index contributed by atoms with van der Waals surface area (Å²) in [6, 6.07) is 12.4. The van der Waals surface area contributed by atoms with Crippen molar-refractivity contribution in [2.24, 2.45) is 0 Å². The van der Waals surface area contributed by atoms with Crippen molar-refractivity contribution < 1.29 is 4.79 Å². The summed E-state index contributed by atoms with van der Waals surface area (Å²) >= 11 is 12.6. The van der Waals surface area contributed by atoms with Gasteiger partial charge in [0.25, 0.3) is 5.91 Å². The Hall–Kier alpha value is -0.840. The number of rotatable bonds is 2. The van der Waals surface area contributed by atoms with Crippen molar-refractivity contribution in [2.45, 2.75) is 0 Å². The van der Waals surface area contributed by atoms with Gasteiger partial charge in [0, 0.05) is 20.2 Å². The molecule has 0 atom stereocenters. The molecule has 0 fully saturated rings. The number of hydrogen-bond acceptors (Lipinski definition) is 1. The average molecular weight is 389 g/mol. The van der Waals surface area contributed by atoms with Crippen molar-refractivity contribution in [3.05, 3.63) is 62.0 Å². The molecule has 1 N–H and O–H groups in total. The second kappa shape index (κ2) is 5.87. The van der Waals surface area contributed by atoms with E-state index in [0.29, 0.717) is 16.3 Å². The molecule has 0 bridgehead atoms. The second-order valence-corrected chi connectivity index (χ2v) is 5.77. The molecule has 0 radical (unpaired) electrons. The fourth-order valence-corrected chi connectivity index (χ4v) is 2.07. The number of benzene rings is 2. The van der Waals surface area contributed by atoms with Crippen molar-refractivity contribution in [2.75, 3.05) is 5.32 Å². The normalized spacial score (nSPS) is 10.2. The third-order valence-corrected chi connectivity index (χ3v) is 4.05. The molecule has 0 heterocycles. The highest BCUT2D eigenvalue weighted by atomic mass is 79.9. The highest BCUT2D eigenvalue weighted by molar-refractivity contribution is 9.10. The van der Waals surface area contributed by atoms with Crippen LogP contribution >= 0.6 is 43.5 Å². The summed E-state index contributed by atoms with van der Waals surface area (Å²) in [5.41, 5.74) is 1.26. The molecule has 0 unspecified atom stereocenters. The van der Waals surface area contributed by atoms with Crippen LogP contribution in [0.25, 0.3) is 0 Å². The number of carbonyl (C=O) groups excluding carboxylic acids is 1. The van der Waals surface area contributed by atoms with E-state index in [1.807, 2.05) is 12.1 Å². The van der Waals surface area contributed by atoms with Gasteiger partial charge in [0.1, 0.15) is 0 Å². The fourth-order valence-electron chi connectivity index (χ4n) is 1.38. The Morgan fingerprint density at radius 1 is 1.06 bits per heavy atom. The fraction of sp³-hybridized carbons (Fsp3) is 0. The molecule has 0 aliphatic rings. The van der Waals surface area contributed by atoms with Gasteiger partial charge in [-0.05, 0) is 58.4 Å². The van der Waals surface area contributed by atoms with Crippen LogP contribution in [0.1, 0.15) is 10.4 Å². The maximum Gasteiger partial charge on any atom is 0.255 e. The van der Waals surface area contributed by atoms with Crippen LogP contribution in [-0.4, -0.2) is 5.91 Å². The summed E-state index contributed by atoms with van der Waals surface area (Å²) < 4.78 is 1.73. The minimum atomic E-state index is -0.166. The van der Waals surface area contributed by atoms with Crippen LogP contribution < -0.4 is 5.32 Å². The molecule has 18 heavy (non-hydrogen) atoms. The Labute approximate surface area is 127 Å². The summed E-state index contributed by atoms with van der Waals surface area (Å²) in [6.07, 6.45) is 0. The topological polar surface area (TPSA) is 29.1 Å². The predicted molar refractivity (Wildman–Crippen MR) is 81.2 cm³/mol. The molecule has 0 aliphatic carbocycles. The molecule has 0 saturated heterocycles. The number of amides is 1. The molecule has 2 aromatic carbocycles. The van der Waals surface area contributed by atoms with Crippen LogP contribution in [0.15, 0.2) is 51.4 Å². The van der Waals surface area contributed by atoms with Gasteiger partial charge in [-0.25, -0.2) is 0 Å². The first kappa shape index (κ1) is 13.6. The Balaban J connectivity index is 2.16. The quantitative estimate of drug-likeness (QED) is 0.759. The van der Waals surface area contributed by atoms with Crippen LogP contribution in [0.5, 0.6) is 0 Å². The van der Waals surface area contributed by atoms with E-state index < -0.39 is 0 Å². The first-order valence-corrected chi connectivity index (χ1v) is 7.04. The molecule has 5 heteroatoms. The van der Waals surface area contributed by atoms with Crippen LogP contribution in [0.2, 0.25) is 5.02 Å². The molecular formula is C13H8Br2ClNO. The highest BCUT2D eigenvalue weighted by Gasteiger charge is 2.06. The van der Waals surface area contributed by atoms with Gasteiger partial charge in [-0.3, -0.25) is 4.79 Å². The van der Waals surface area contributed by atoms with E-state index in [1.54, 1.807) is 30.3 Å². The van der Waals surface area contributed by atoms with Gasteiger partial charge in [-0.15, -0.1) is 0 Å². The maximum atomic E-state index is 11.9. The Kier molecular flexibility index (Phi) is 4.43. The number of carbonyl (C=O) groups is 1. The zero-order valence-corrected chi connectivity index (χ0v) is 13.0. The smallest absolute Gasteiger partial charge is 0.255 e. The van der Waals surface area contributed by atoms with Crippen LogP contribution in [0.3, 0.4) is 0 Å². The van der Waals surface area contributed by atoms with E-state index in [4.69, 9.17) is 11.6 Å². The molecule has 0 saturated carbocycles. The van der Waals surface area contributed by atoms with Gasteiger partial charge in [-0.1, -0.05) is 27.5 Å². The lowest BCUT2D eigenvalue weighted by molar-refractivity contribution is 0.102. The molecule has 0 aliphatic heterocycles. The summed E-state index contributed by atoms with van der Waals surface area (Å²) in [4.78, 5) is 11.9. The van der Waals surface area contributed by atoms with Gasteiger partial charge in [-0.2, -0.15) is 0 Å². The number of halogens is 3. The minimum absolute atomic E-state index is 0.166. The molecule has 1 amide bonds. The van der Waals surface area contributed by atoms with E-state index in [9.17, 15) is 4.79 Å². The molecule has 2 rings (SSSR count). The third-order valence-electron chi connectivity index (χ3n) is 2.28. The standard InChI is InChI=1S/C13H8Br2ClNO/c14-9-3-1-8(2-4-9)13(18)17-10-5-6-11(15)12(16)7-10/h1-7H,(H,17,18). The number of nitrogens with one attached hydrogen (secondary N) is 1. The van der Waals surface area contributed by atoms with E-state index >= 15 is 0 Å². The van der Waals surface area contributed by atoms with Gasteiger partial charge >= 0.3 is 0 Å². The first-order valence-electron chi connectivity index (χ1n) is 5.08. The van der Waals surface area contributed by atoms with E-state index in [0.717, 1.165) is 8.95 Å². The van der Waals surface area contributed by atoms with Crippen molar-refractivity contribution in [3.8, 4) is 0 Å². The number of hydrogen-bond donors (Lipinski definition) is 1. The largest absolute Gasteiger partial charge is 0.322 e. The minimum Gasteiger partial charge on any atom is -0.322 e. The second-order valence-electron chi connectivity index (χ2n) is 3.59. The Morgan fingerprint density at radius 2 is 1.72 bits per heavy atom. The van der Waals surface area contributed by atoms with Gasteiger partial charge < -0.3 is 5.32 Å². The lowest BCUT2D eigenvalue weighted by Gasteiger charge is -2.06. The van der Waals surface area contributed by atoms with Crippen LogP contribution in [0.4, 0.5) is 5.69 Å². The first-order chi connectivity index (χ1) is 8.56. The van der Waals surface area contributed by atoms with Gasteiger partial charge in [0.2, 0.25) is 0 Å². The summed E-state index contributed by atoms with van der Waals surface area (Å²) in [5, 5.41) is 3.35. The average Bonchev–Trinajstić information content (AvgIpc) is 2.34. The van der Waals surface area contributed by atoms with Crippen molar-refractivity contribution in [1.29, 1.82) is 0 Å². The summed E-state index contributed by atoms with van der Waals surface area (Å²) in [6.45, 7) is 0. The molecule has 92 valence electrons. The zero-order valence-electron chi connectivity index (χ0n) is 9.08. The predicted octanol–water partition coefficient (Wildman–Crippen LogP) is 5.12. The van der Waals surface area contributed by atoms with Gasteiger partial charge in [0.15, 0.2) is 0 Å². The molecule has 0 spiro atoms. The maximum absolute atomic E-state index is 11.9.